The van der Waals surface area contributed by atoms with Crippen LogP contribution >= 0.6 is 11.8 Å². The molecule has 0 aliphatic carbocycles. The number of fused-ring (bicyclic) bond motifs is 3. The van der Waals surface area contributed by atoms with Gasteiger partial charge in [0.25, 0.3) is 0 Å². The number of amides is 3. The first-order chi connectivity index (χ1) is 17.2. The van der Waals surface area contributed by atoms with Crippen molar-refractivity contribution < 1.29 is 43.6 Å². The second-order valence-corrected chi connectivity index (χ2v) is 10.3. The minimum Gasteiger partial charge on any atom is -0.477 e. The number of β-lactam (4-membered cyclic amide) rings is 1. The third-order valence-corrected chi connectivity index (χ3v) is 8.04. The van der Waals surface area contributed by atoms with E-state index in [1.54, 1.807) is 0 Å². The first-order valence-electron chi connectivity index (χ1n) is 11.6. The quantitative estimate of drug-likeness (QED) is 0.349. The van der Waals surface area contributed by atoms with E-state index in [4.69, 9.17) is 14.2 Å². The van der Waals surface area contributed by atoms with Crippen LogP contribution in [0.3, 0.4) is 0 Å². The van der Waals surface area contributed by atoms with Crippen molar-refractivity contribution in [3.05, 3.63) is 36.6 Å². The third kappa shape index (κ3) is 4.46. The molecule has 4 aliphatic rings. The van der Waals surface area contributed by atoms with E-state index < -0.39 is 48.2 Å². The molecular weight excluding hydrogens is 494 g/mol. The zero-order chi connectivity index (χ0) is 26.1. The van der Waals surface area contributed by atoms with Gasteiger partial charge in [0, 0.05) is 22.7 Å². The van der Waals surface area contributed by atoms with Crippen molar-refractivity contribution in [2.75, 3.05) is 32.9 Å². The van der Waals surface area contributed by atoms with Gasteiger partial charge in [-0.2, -0.15) is 0 Å². The molecule has 5 atom stereocenters. The van der Waals surface area contributed by atoms with Gasteiger partial charge in [0.15, 0.2) is 0 Å². The van der Waals surface area contributed by atoms with Gasteiger partial charge >= 0.3 is 18.2 Å². The largest absolute Gasteiger partial charge is 0.477 e. The van der Waals surface area contributed by atoms with Crippen LogP contribution in [0.1, 0.15) is 13.3 Å². The number of aliphatic carboxylic acids is 1. The lowest BCUT2D eigenvalue weighted by molar-refractivity contribution is -0.168. The Kier molecular flexibility index (Phi) is 7.62. The number of aliphatic hydroxyl groups is 1. The van der Waals surface area contributed by atoms with Gasteiger partial charge in [-0.25, -0.2) is 24.4 Å². The lowest BCUT2D eigenvalue weighted by Gasteiger charge is -2.47. The highest BCUT2D eigenvalue weighted by atomic mass is 32.2. The molecule has 1 unspecified atom stereocenters. The highest BCUT2D eigenvalue weighted by Crippen LogP contribution is 2.50. The number of ether oxygens (including phenoxy) is 3. The van der Waals surface area contributed by atoms with Gasteiger partial charge in [-0.15, -0.1) is 11.8 Å². The Balaban J connectivity index is 1.56. The van der Waals surface area contributed by atoms with Gasteiger partial charge in [0.05, 0.1) is 31.2 Å². The zero-order valence-electron chi connectivity index (χ0n) is 19.8. The molecule has 2 N–H and O–H groups in total. The van der Waals surface area contributed by atoms with E-state index in [-0.39, 0.29) is 42.5 Å². The maximum Gasteiger partial charge on any atom is 0.429 e. The van der Waals surface area contributed by atoms with Gasteiger partial charge < -0.3 is 24.4 Å². The maximum atomic E-state index is 12.7. The molecule has 4 rings (SSSR count). The molecule has 3 saturated heterocycles. The number of carbonyl (C=O) groups is 4. The smallest absolute Gasteiger partial charge is 0.429 e. The van der Waals surface area contributed by atoms with Gasteiger partial charge in [-0.1, -0.05) is 25.3 Å². The Morgan fingerprint density at radius 2 is 1.75 bits per heavy atom. The van der Waals surface area contributed by atoms with Crippen molar-refractivity contribution in [1.82, 2.24) is 14.9 Å². The topological polar surface area (TPSA) is 146 Å². The predicted molar refractivity (Wildman–Crippen MR) is 126 cm³/mol. The van der Waals surface area contributed by atoms with E-state index in [1.165, 1.54) is 35.7 Å². The Hall–Kier alpha value is -3.03. The SMILES string of the molecule is C=CCOC(=O)N1CC(SC2CCO[C@H]3C2=C(C(=O)O)N2C(=O)[C@H]([C@@H](C)O)[C@@H]32)CN1C(=O)OCC=C. The molecule has 0 bridgehead atoms. The van der Waals surface area contributed by atoms with Crippen molar-refractivity contribution in [2.24, 2.45) is 5.92 Å². The number of nitrogens with zero attached hydrogens (tertiary/aromatic N) is 3. The predicted octanol–water partition coefficient (Wildman–Crippen LogP) is 0.984. The van der Waals surface area contributed by atoms with Crippen LogP contribution in [-0.2, 0) is 23.8 Å². The van der Waals surface area contributed by atoms with E-state index in [0.717, 1.165) is 10.0 Å². The molecule has 0 radical (unpaired) electrons. The fraction of sp³-hybridized carbons (Fsp3) is 0.565. The molecule has 0 aromatic carbocycles. The van der Waals surface area contributed by atoms with Crippen molar-refractivity contribution in [1.29, 1.82) is 0 Å². The normalized spacial score (nSPS) is 28.3. The minimum absolute atomic E-state index is 0.0328. The fourth-order valence-electron chi connectivity index (χ4n) is 5.13. The second-order valence-electron chi connectivity index (χ2n) is 8.80. The van der Waals surface area contributed by atoms with Crippen LogP contribution in [0.4, 0.5) is 9.59 Å². The van der Waals surface area contributed by atoms with Crippen LogP contribution in [0.2, 0.25) is 0 Å². The van der Waals surface area contributed by atoms with E-state index in [1.807, 2.05) is 0 Å². The molecule has 13 heteroatoms. The fourth-order valence-corrected chi connectivity index (χ4v) is 6.67. The summed E-state index contributed by atoms with van der Waals surface area (Å²) >= 11 is 1.42. The van der Waals surface area contributed by atoms with Crippen LogP contribution in [-0.4, -0.2) is 111 Å². The maximum absolute atomic E-state index is 12.7. The van der Waals surface area contributed by atoms with Crippen LogP contribution in [0.5, 0.6) is 0 Å². The van der Waals surface area contributed by atoms with Crippen molar-refractivity contribution in [3.8, 4) is 0 Å². The molecule has 0 aromatic rings. The Morgan fingerprint density at radius 1 is 1.17 bits per heavy atom. The molecule has 4 heterocycles. The molecule has 0 saturated carbocycles. The molecular formula is C23H29N3O9S. The molecule has 3 fully saturated rings. The average Bonchev–Trinajstić information content (AvgIpc) is 3.39. The number of hydrazine groups is 1. The molecule has 4 aliphatic heterocycles. The lowest BCUT2D eigenvalue weighted by Crippen LogP contribution is -2.65. The monoisotopic (exact) mass is 523 g/mol. The highest BCUT2D eigenvalue weighted by Gasteiger charge is 2.63. The van der Waals surface area contributed by atoms with Crippen LogP contribution in [0.15, 0.2) is 36.6 Å². The number of rotatable bonds is 8. The summed E-state index contributed by atoms with van der Waals surface area (Å²) in [4.78, 5) is 51.3. The average molecular weight is 524 g/mol. The summed E-state index contributed by atoms with van der Waals surface area (Å²) in [6.07, 6.45) is 0.258. The number of carboxylic acids is 1. The van der Waals surface area contributed by atoms with Gasteiger partial charge in [0.1, 0.15) is 25.0 Å². The second kappa shape index (κ2) is 10.5. The summed E-state index contributed by atoms with van der Waals surface area (Å²) in [5.41, 5.74) is 0.389. The first kappa shape index (κ1) is 26.0. The standard InChI is InChI=1S/C23H29N3O9S/c1-4-7-34-22(31)24-10-13(11-25(24)23(32)35-8-5-2)36-14-6-9-33-19-16(14)18(21(29)30)26-17(19)15(12(3)27)20(26)28/h4-5,12-15,17,19,27H,1-2,6-11H2,3H3,(H,29,30)/t12-,14?,15-,17+,19+/m1/s1. The molecule has 0 spiro atoms. The number of thioether (sulfide) groups is 1. The first-order valence-corrected chi connectivity index (χ1v) is 12.5. The van der Waals surface area contributed by atoms with E-state index >= 15 is 0 Å². The van der Waals surface area contributed by atoms with E-state index in [9.17, 15) is 29.4 Å². The molecule has 36 heavy (non-hydrogen) atoms. The molecule has 3 amide bonds. The Morgan fingerprint density at radius 3 is 2.25 bits per heavy atom. The van der Waals surface area contributed by atoms with E-state index in [0.29, 0.717) is 18.6 Å². The van der Waals surface area contributed by atoms with Crippen molar-refractivity contribution in [3.63, 3.8) is 0 Å². The number of carbonyl (C=O) groups excluding carboxylic acids is 3. The number of carboxylic acid groups (broad SMARTS) is 1. The third-order valence-electron chi connectivity index (χ3n) is 6.54. The summed E-state index contributed by atoms with van der Waals surface area (Å²) in [5.74, 6) is -2.40. The lowest BCUT2D eigenvalue weighted by atomic mass is 9.80. The zero-order valence-corrected chi connectivity index (χ0v) is 20.6. The van der Waals surface area contributed by atoms with Crippen LogP contribution in [0.25, 0.3) is 0 Å². The van der Waals surface area contributed by atoms with Crippen LogP contribution in [0, 0.1) is 5.92 Å². The molecule has 196 valence electrons. The van der Waals surface area contributed by atoms with Crippen molar-refractivity contribution in [2.45, 2.75) is 42.1 Å². The van der Waals surface area contributed by atoms with Gasteiger partial charge in [-0.05, 0) is 13.3 Å². The number of hydrogen-bond acceptors (Lipinski definition) is 9. The minimum atomic E-state index is -1.23. The molecule has 0 aromatic heterocycles. The summed E-state index contributed by atoms with van der Waals surface area (Å²) < 4.78 is 16.1. The van der Waals surface area contributed by atoms with Gasteiger partial charge in [0.2, 0.25) is 5.91 Å². The number of hydrogen-bond donors (Lipinski definition) is 2. The number of aliphatic hydroxyl groups excluding tert-OH is 1. The van der Waals surface area contributed by atoms with Crippen molar-refractivity contribution >= 4 is 35.8 Å². The summed E-state index contributed by atoms with van der Waals surface area (Å²) in [6.45, 7) is 9.06. The summed E-state index contributed by atoms with van der Waals surface area (Å²) in [7, 11) is 0. The Bertz CT molecular complexity index is 967. The highest BCUT2D eigenvalue weighted by molar-refractivity contribution is 8.00. The van der Waals surface area contributed by atoms with Gasteiger partial charge in [-0.3, -0.25) is 9.69 Å². The summed E-state index contributed by atoms with van der Waals surface area (Å²) in [5, 5.41) is 21.8. The van der Waals surface area contributed by atoms with Crippen LogP contribution < -0.4 is 0 Å². The van der Waals surface area contributed by atoms with E-state index in [2.05, 4.69) is 13.2 Å². The Labute approximate surface area is 212 Å². The molecule has 12 nitrogen and oxygen atoms in total. The summed E-state index contributed by atoms with van der Waals surface area (Å²) in [6, 6.07) is -0.568.